The van der Waals surface area contributed by atoms with Crippen LogP contribution in [0.15, 0.2) is 34.7 Å². The second-order valence-electron chi connectivity index (χ2n) is 10.7. The summed E-state index contributed by atoms with van der Waals surface area (Å²) in [5.41, 5.74) is 6.98. The number of halogens is 1. The van der Waals surface area contributed by atoms with E-state index in [9.17, 15) is 8.42 Å². The third-order valence-electron chi connectivity index (χ3n) is 7.22. The third kappa shape index (κ3) is 6.85. The van der Waals surface area contributed by atoms with E-state index < -0.39 is 15.6 Å². The van der Waals surface area contributed by atoms with Gasteiger partial charge in [-0.15, -0.1) is 10.2 Å². The number of hydrogen-bond acceptors (Lipinski definition) is 10. The van der Waals surface area contributed by atoms with Crippen molar-refractivity contribution in [2.24, 2.45) is 17.6 Å². The van der Waals surface area contributed by atoms with Crippen LogP contribution in [0.3, 0.4) is 0 Å². The molecule has 11 nitrogen and oxygen atoms in total. The second-order valence-corrected chi connectivity index (χ2v) is 13.1. The lowest BCUT2D eigenvalue weighted by Gasteiger charge is -2.26. The number of methoxy groups -OCH3 is 2. The number of benzene rings is 1. The van der Waals surface area contributed by atoms with E-state index in [2.05, 4.69) is 27.0 Å². The van der Waals surface area contributed by atoms with E-state index in [1.807, 2.05) is 24.3 Å². The predicted molar refractivity (Wildman–Crippen MR) is 155 cm³/mol. The first-order chi connectivity index (χ1) is 18.8. The van der Waals surface area contributed by atoms with Gasteiger partial charge in [-0.3, -0.25) is 4.31 Å². The third-order valence-corrected chi connectivity index (χ3v) is 8.76. The molecule has 1 aromatic carbocycles. The molecule has 0 amide bonds. The molecule has 218 valence electrons. The number of sulfonamides is 1. The minimum absolute atomic E-state index is 0.0661. The Morgan fingerprint density at radius 2 is 1.90 bits per heavy atom. The van der Waals surface area contributed by atoms with Crippen molar-refractivity contribution in [3.8, 4) is 17.2 Å². The van der Waals surface area contributed by atoms with Crippen LogP contribution in [0.4, 0.5) is 11.6 Å². The Kier molecular flexibility index (Phi) is 8.93. The summed E-state index contributed by atoms with van der Waals surface area (Å²) in [6, 6.07) is 9.33. The molecule has 3 aromatic rings. The highest BCUT2D eigenvalue weighted by Gasteiger charge is 2.35. The van der Waals surface area contributed by atoms with E-state index in [1.54, 1.807) is 27.2 Å². The average molecular weight is 593 g/mol. The number of rotatable bonds is 13. The van der Waals surface area contributed by atoms with Gasteiger partial charge in [-0.1, -0.05) is 30.7 Å². The van der Waals surface area contributed by atoms with Gasteiger partial charge in [-0.25, -0.2) is 13.4 Å². The van der Waals surface area contributed by atoms with Gasteiger partial charge in [-0.2, -0.15) is 0 Å². The highest BCUT2D eigenvalue weighted by Crippen LogP contribution is 2.41. The van der Waals surface area contributed by atoms with Crippen LogP contribution in [0.1, 0.15) is 31.7 Å². The largest absolute Gasteiger partial charge is 0.497 e. The fourth-order valence-electron chi connectivity index (χ4n) is 4.43. The summed E-state index contributed by atoms with van der Waals surface area (Å²) in [6.45, 7) is 5.80. The lowest BCUT2D eigenvalue weighted by molar-refractivity contribution is 0.204. The quantitative estimate of drug-likeness (QED) is 0.312. The van der Waals surface area contributed by atoms with Crippen LogP contribution in [0.5, 0.6) is 5.75 Å². The summed E-state index contributed by atoms with van der Waals surface area (Å²) in [7, 11) is 0.988. The van der Waals surface area contributed by atoms with Crippen LogP contribution >= 0.6 is 11.6 Å². The lowest BCUT2D eigenvalue weighted by Crippen LogP contribution is -2.35. The Morgan fingerprint density at radius 1 is 1.23 bits per heavy atom. The van der Waals surface area contributed by atoms with E-state index in [0.717, 1.165) is 34.8 Å². The van der Waals surface area contributed by atoms with Crippen molar-refractivity contribution in [1.29, 1.82) is 0 Å². The van der Waals surface area contributed by atoms with Crippen LogP contribution in [0, 0.1) is 11.8 Å². The number of aromatic nitrogens is 3. The van der Waals surface area contributed by atoms with Gasteiger partial charge in [0.25, 0.3) is 0 Å². The molecule has 0 unspecified atom stereocenters. The van der Waals surface area contributed by atoms with Crippen LogP contribution < -0.4 is 19.7 Å². The minimum atomic E-state index is -3.67. The van der Waals surface area contributed by atoms with Gasteiger partial charge in [0.15, 0.2) is 5.82 Å². The molecule has 3 atom stereocenters. The molecular formula is C27H37ClN6O5S. The normalized spacial score (nSPS) is 18.3. The molecular weight excluding hydrogens is 556 g/mol. The van der Waals surface area contributed by atoms with Crippen molar-refractivity contribution in [1.82, 2.24) is 15.2 Å². The molecule has 0 spiro atoms. The zero-order valence-electron chi connectivity index (χ0n) is 23.7. The fourth-order valence-corrected chi connectivity index (χ4v) is 5.23. The molecule has 1 aliphatic carbocycles. The molecule has 40 heavy (non-hydrogen) atoms. The monoisotopic (exact) mass is 592 g/mol. The van der Waals surface area contributed by atoms with Gasteiger partial charge < -0.3 is 24.5 Å². The average Bonchev–Trinajstić information content (AvgIpc) is 3.36. The van der Waals surface area contributed by atoms with E-state index in [-0.39, 0.29) is 22.6 Å². The number of hydrogen-bond donors (Lipinski definition) is 1. The lowest BCUT2D eigenvalue weighted by atomic mass is 9.94. The Morgan fingerprint density at radius 3 is 2.48 bits per heavy atom. The molecule has 2 heterocycles. The first-order valence-corrected chi connectivity index (χ1v) is 15.2. The van der Waals surface area contributed by atoms with E-state index in [0.29, 0.717) is 42.8 Å². The van der Waals surface area contributed by atoms with Crippen molar-refractivity contribution in [3.63, 3.8) is 0 Å². The van der Waals surface area contributed by atoms with Gasteiger partial charge in [0.05, 0.1) is 36.1 Å². The second kappa shape index (κ2) is 11.9. The number of nitrogens with zero attached hydrogens (tertiary/aromatic N) is 5. The van der Waals surface area contributed by atoms with Crippen molar-refractivity contribution in [3.05, 3.63) is 46.8 Å². The van der Waals surface area contributed by atoms with E-state index >= 15 is 0 Å². The summed E-state index contributed by atoms with van der Waals surface area (Å²) < 4.78 is 42.7. The molecule has 0 saturated heterocycles. The van der Waals surface area contributed by atoms with Crippen LogP contribution in [0.25, 0.3) is 11.5 Å². The van der Waals surface area contributed by atoms with Gasteiger partial charge in [0.1, 0.15) is 11.6 Å². The first-order valence-electron chi connectivity index (χ1n) is 13.0. The number of anilines is 2. The maximum absolute atomic E-state index is 12.5. The van der Waals surface area contributed by atoms with Crippen molar-refractivity contribution in [2.45, 2.75) is 32.2 Å². The number of pyridine rings is 1. The maximum atomic E-state index is 12.5. The standard InChI is InChI=1S/C27H37ClN6O5S/c1-17-13-19(17)16-34(11-12-37-4)22-14-21(23(28)24(30-22)33(3)40(6,35)36)25-31-32-26(39-25)27(2,29)15-18-7-9-20(38-5)10-8-18/h7-10,14,17,19H,11-13,15-16,29H2,1-6H3/t17-,19+,27+/m0/s1. The van der Waals surface area contributed by atoms with E-state index in [1.165, 1.54) is 7.05 Å². The fraction of sp³-hybridized carbons (Fsp3) is 0.519. The molecule has 2 N–H and O–H groups in total. The summed E-state index contributed by atoms with van der Waals surface area (Å²) >= 11 is 6.77. The summed E-state index contributed by atoms with van der Waals surface area (Å²) in [6.07, 6.45) is 2.65. The van der Waals surface area contributed by atoms with Gasteiger partial charge in [-0.05, 0) is 55.4 Å². The van der Waals surface area contributed by atoms with Crippen molar-refractivity contribution >= 4 is 33.3 Å². The SMILES string of the molecule is COCCN(C[C@H]1C[C@@H]1C)c1cc(-c2nnc([C@](C)(N)Cc3ccc(OC)cc3)o2)c(Cl)c(N(C)S(C)(=O)=O)n1. The molecule has 13 heteroatoms. The minimum Gasteiger partial charge on any atom is -0.497 e. The molecule has 1 aliphatic rings. The predicted octanol–water partition coefficient (Wildman–Crippen LogP) is 3.71. The van der Waals surface area contributed by atoms with Crippen molar-refractivity contribution in [2.75, 3.05) is 56.4 Å². The highest BCUT2D eigenvalue weighted by molar-refractivity contribution is 7.92. The molecule has 0 radical (unpaired) electrons. The zero-order chi connectivity index (χ0) is 29.2. The highest BCUT2D eigenvalue weighted by atomic mass is 35.5. The molecule has 4 rings (SSSR count). The number of nitrogens with two attached hydrogens (primary N) is 1. The molecule has 1 fully saturated rings. The van der Waals surface area contributed by atoms with E-state index in [4.69, 9.17) is 31.2 Å². The topological polar surface area (TPSA) is 137 Å². The molecule has 0 bridgehead atoms. The first kappa shape index (κ1) is 30.0. The number of ether oxygens (including phenoxy) is 2. The zero-order valence-corrected chi connectivity index (χ0v) is 25.3. The molecule has 0 aliphatic heterocycles. The smallest absolute Gasteiger partial charge is 0.249 e. The Bertz CT molecular complexity index is 1430. The molecule has 2 aromatic heterocycles. The Balaban J connectivity index is 1.73. The van der Waals surface area contributed by atoms with Crippen LogP contribution in [0.2, 0.25) is 5.02 Å². The van der Waals surface area contributed by atoms with Gasteiger partial charge >= 0.3 is 0 Å². The Labute approximate surface area is 240 Å². The maximum Gasteiger partial charge on any atom is 0.249 e. The molecule has 1 saturated carbocycles. The summed E-state index contributed by atoms with van der Waals surface area (Å²) in [5.74, 6) is 2.81. The van der Waals surface area contributed by atoms with Gasteiger partial charge in [0.2, 0.25) is 21.8 Å². The summed E-state index contributed by atoms with van der Waals surface area (Å²) in [4.78, 5) is 6.74. The van der Waals surface area contributed by atoms with Crippen LogP contribution in [-0.4, -0.2) is 70.8 Å². The Hall–Kier alpha value is -2.93. The van der Waals surface area contributed by atoms with Gasteiger partial charge in [0, 0.05) is 27.2 Å². The van der Waals surface area contributed by atoms with Crippen LogP contribution in [-0.2, 0) is 26.7 Å². The summed E-state index contributed by atoms with van der Waals surface area (Å²) in [5, 5.41) is 8.57. The van der Waals surface area contributed by atoms with Crippen molar-refractivity contribution < 1.29 is 22.3 Å².